The quantitative estimate of drug-likeness (QED) is 0.830. The molecular formula is C13H17F2N. The third-order valence-corrected chi connectivity index (χ3v) is 3.63. The summed E-state index contributed by atoms with van der Waals surface area (Å²) in [6.45, 7) is 6.08. The van der Waals surface area contributed by atoms with Crippen LogP contribution >= 0.6 is 0 Å². The van der Waals surface area contributed by atoms with Crippen molar-refractivity contribution in [1.29, 1.82) is 0 Å². The normalized spacial score (nSPS) is 28.1. The molecule has 1 nitrogen and oxygen atoms in total. The Balaban J connectivity index is 2.10. The van der Waals surface area contributed by atoms with Crippen molar-refractivity contribution in [3.8, 4) is 0 Å². The maximum Gasteiger partial charge on any atom is 0.159 e. The first-order chi connectivity index (χ1) is 7.58. The molecule has 2 atom stereocenters. The predicted octanol–water partition coefficient (Wildman–Crippen LogP) is 2.85. The Kier molecular flexibility index (Phi) is 2.98. The molecule has 2 unspecified atom stereocenters. The molecule has 0 heterocycles. The standard InChI is InChI=1S/C13H17F2N/c1-3-16-8-10-7-13(10,2)9-4-5-11(14)12(15)6-9/h4-6,10,16H,3,7-8H2,1-2H3. The van der Waals surface area contributed by atoms with Crippen LogP contribution in [0, 0.1) is 17.6 Å². The predicted molar refractivity (Wildman–Crippen MR) is 60.4 cm³/mol. The molecular weight excluding hydrogens is 208 g/mol. The highest BCUT2D eigenvalue weighted by Gasteiger charge is 2.50. The van der Waals surface area contributed by atoms with Crippen LogP contribution in [0.15, 0.2) is 18.2 Å². The average molecular weight is 225 g/mol. The zero-order valence-corrected chi connectivity index (χ0v) is 9.69. The Labute approximate surface area is 94.9 Å². The Hall–Kier alpha value is -0.960. The summed E-state index contributed by atoms with van der Waals surface area (Å²) >= 11 is 0. The first kappa shape index (κ1) is 11.5. The van der Waals surface area contributed by atoms with Gasteiger partial charge in [-0.1, -0.05) is 19.9 Å². The van der Waals surface area contributed by atoms with Gasteiger partial charge in [0, 0.05) is 0 Å². The smallest absolute Gasteiger partial charge is 0.159 e. The van der Waals surface area contributed by atoms with E-state index in [1.807, 2.05) is 0 Å². The lowest BCUT2D eigenvalue weighted by atomic mass is 9.95. The Morgan fingerprint density at radius 2 is 2.12 bits per heavy atom. The molecule has 2 rings (SSSR count). The van der Waals surface area contributed by atoms with E-state index in [4.69, 9.17) is 0 Å². The topological polar surface area (TPSA) is 12.0 Å². The van der Waals surface area contributed by atoms with Crippen LogP contribution in [0.2, 0.25) is 0 Å². The molecule has 0 aliphatic heterocycles. The maximum absolute atomic E-state index is 13.1. The van der Waals surface area contributed by atoms with Gasteiger partial charge in [-0.25, -0.2) is 8.78 Å². The summed E-state index contributed by atoms with van der Waals surface area (Å²) in [4.78, 5) is 0. The van der Waals surface area contributed by atoms with E-state index < -0.39 is 11.6 Å². The molecule has 1 aliphatic rings. The molecule has 1 aliphatic carbocycles. The number of hydrogen-bond donors (Lipinski definition) is 1. The maximum atomic E-state index is 13.1. The summed E-state index contributed by atoms with van der Waals surface area (Å²) in [5.74, 6) is -0.971. The van der Waals surface area contributed by atoms with E-state index in [9.17, 15) is 8.78 Å². The molecule has 3 heteroatoms. The van der Waals surface area contributed by atoms with Gasteiger partial charge in [-0.3, -0.25) is 0 Å². The van der Waals surface area contributed by atoms with Crippen LogP contribution in [0.25, 0.3) is 0 Å². The molecule has 1 saturated carbocycles. The number of halogens is 2. The Morgan fingerprint density at radius 3 is 2.75 bits per heavy atom. The van der Waals surface area contributed by atoms with Gasteiger partial charge in [-0.2, -0.15) is 0 Å². The van der Waals surface area contributed by atoms with Gasteiger partial charge in [-0.05, 0) is 48.5 Å². The van der Waals surface area contributed by atoms with Crippen molar-refractivity contribution in [1.82, 2.24) is 5.32 Å². The van der Waals surface area contributed by atoms with Crippen LogP contribution < -0.4 is 5.32 Å². The van der Waals surface area contributed by atoms with Gasteiger partial charge < -0.3 is 5.32 Å². The van der Waals surface area contributed by atoms with Gasteiger partial charge in [0.25, 0.3) is 0 Å². The fourth-order valence-corrected chi connectivity index (χ4v) is 2.27. The SMILES string of the molecule is CCNCC1CC1(C)c1ccc(F)c(F)c1. The molecule has 0 saturated heterocycles. The lowest BCUT2D eigenvalue weighted by Crippen LogP contribution is -2.19. The molecule has 88 valence electrons. The zero-order chi connectivity index (χ0) is 11.8. The van der Waals surface area contributed by atoms with Crippen molar-refractivity contribution in [3.05, 3.63) is 35.4 Å². The lowest BCUT2D eigenvalue weighted by Gasteiger charge is -2.12. The second kappa shape index (κ2) is 4.13. The van der Waals surface area contributed by atoms with E-state index in [1.165, 1.54) is 12.1 Å². The van der Waals surface area contributed by atoms with E-state index in [2.05, 4.69) is 19.2 Å². The van der Waals surface area contributed by atoms with Crippen molar-refractivity contribution in [2.24, 2.45) is 5.92 Å². The highest BCUT2D eigenvalue weighted by Crippen LogP contribution is 2.53. The second-order valence-corrected chi connectivity index (χ2v) is 4.76. The average Bonchev–Trinajstić information content (AvgIpc) is 2.92. The number of rotatable bonds is 4. The molecule has 1 aromatic rings. The molecule has 1 fully saturated rings. The van der Waals surface area contributed by atoms with Crippen molar-refractivity contribution in [3.63, 3.8) is 0 Å². The Bertz CT molecular complexity index is 392. The summed E-state index contributed by atoms with van der Waals surface area (Å²) in [6.07, 6.45) is 1.05. The molecule has 0 spiro atoms. The van der Waals surface area contributed by atoms with E-state index >= 15 is 0 Å². The van der Waals surface area contributed by atoms with Gasteiger partial charge >= 0.3 is 0 Å². The van der Waals surface area contributed by atoms with E-state index in [0.29, 0.717) is 5.92 Å². The third-order valence-electron chi connectivity index (χ3n) is 3.63. The van der Waals surface area contributed by atoms with Gasteiger partial charge in [-0.15, -0.1) is 0 Å². The van der Waals surface area contributed by atoms with Gasteiger partial charge in [0.2, 0.25) is 0 Å². The summed E-state index contributed by atoms with van der Waals surface area (Å²) in [5, 5.41) is 3.29. The first-order valence-electron chi connectivity index (χ1n) is 5.74. The molecule has 0 radical (unpaired) electrons. The van der Waals surface area contributed by atoms with Crippen molar-refractivity contribution in [2.45, 2.75) is 25.7 Å². The Morgan fingerprint density at radius 1 is 1.38 bits per heavy atom. The molecule has 0 aromatic heterocycles. The fraction of sp³-hybridized carbons (Fsp3) is 0.538. The highest BCUT2D eigenvalue weighted by molar-refractivity contribution is 5.33. The van der Waals surface area contributed by atoms with E-state index in [1.54, 1.807) is 6.07 Å². The van der Waals surface area contributed by atoms with Gasteiger partial charge in [0.05, 0.1) is 0 Å². The van der Waals surface area contributed by atoms with Gasteiger partial charge in [0.1, 0.15) is 0 Å². The van der Waals surface area contributed by atoms with E-state index in [-0.39, 0.29) is 5.41 Å². The van der Waals surface area contributed by atoms with Crippen LogP contribution in [-0.4, -0.2) is 13.1 Å². The third kappa shape index (κ3) is 1.96. The van der Waals surface area contributed by atoms with Crippen LogP contribution in [0.4, 0.5) is 8.78 Å². The minimum Gasteiger partial charge on any atom is -0.317 e. The van der Waals surface area contributed by atoms with Crippen molar-refractivity contribution in [2.75, 3.05) is 13.1 Å². The van der Waals surface area contributed by atoms with Crippen LogP contribution in [-0.2, 0) is 5.41 Å². The summed E-state index contributed by atoms with van der Waals surface area (Å²) in [5.41, 5.74) is 0.936. The zero-order valence-electron chi connectivity index (χ0n) is 9.69. The molecule has 1 N–H and O–H groups in total. The molecule has 0 amide bonds. The molecule has 0 bridgehead atoms. The summed E-state index contributed by atoms with van der Waals surface area (Å²) < 4.78 is 25.9. The summed E-state index contributed by atoms with van der Waals surface area (Å²) in [6, 6.07) is 4.25. The first-order valence-corrected chi connectivity index (χ1v) is 5.74. The van der Waals surface area contributed by atoms with Crippen molar-refractivity contribution < 1.29 is 8.78 Å². The minimum atomic E-state index is -0.767. The van der Waals surface area contributed by atoms with Crippen molar-refractivity contribution >= 4 is 0 Å². The minimum absolute atomic E-state index is 0.0245. The second-order valence-electron chi connectivity index (χ2n) is 4.76. The highest BCUT2D eigenvalue weighted by atomic mass is 19.2. The number of hydrogen-bond acceptors (Lipinski definition) is 1. The number of nitrogens with one attached hydrogen (secondary N) is 1. The largest absolute Gasteiger partial charge is 0.317 e. The molecule has 1 aromatic carbocycles. The summed E-state index contributed by atoms with van der Waals surface area (Å²) in [7, 11) is 0. The van der Waals surface area contributed by atoms with Gasteiger partial charge in [0.15, 0.2) is 11.6 Å². The van der Waals surface area contributed by atoms with Crippen LogP contribution in [0.5, 0.6) is 0 Å². The number of benzene rings is 1. The molecule has 16 heavy (non-hydrogen) atoms. The van der Waals surface area contributed by atoms with Crippen LogP contribution in [0.3, 0.4) is 0 Å². The fourth-order valence-electron chi connectivity index (χ4n) is 2.27. The monoisotopic (exact) mass is 225 g/mol. The van der Waals surface area contributed by atoms with E-state index in [0.717, 1.165) is 25.1 Å². The van der Waals surface area contributed by atoms with Crippen LogP contribution in [0.1, 0.15) is 25.8 Å². The lowest BCUT2D eigenvalue weighted by molar-refractivity contribution is 0.503.